The molecule has 0 spiro atoms. The van der Waals surface area contributed by atoms with Crippen LogP contribution in [0.25, 0.3) is 0 Å². The lowest BCUT2D eigenvalue weighted by molar-refractivity contribution is -0.121. The molecule has 2 aromatic carbocycles. The Bertz CT molecular complexity index is 704. The van der Waals surface area contributed by atoms with Crippen molar-refractivity contribution >= 4 is 5.91 Å². The number of hydrogen-bond donors (Lipinski definition) is 1. The van der Waals surface area contributed by atoms with E-state index in [1.54, 1.807) is 6.92 Å². The number of nitrogens with one attached hydrogen (secondary N) is 1. The lowest BCUT2D eigenvalue weighted by Crippen LogP contribution is -2.26. The Kier molecular flexibility index (Phi) is 6.29. The first kappa shape index (κ1) is 17.9. The second-order valence-corrected chi connectivity index (χ2v) is 5.68. The van der Waals surface area contributed by atoms with E-state index in [1.165, 1.54) is 6.07 Å². The molecule has 0 aliphatic heterocycles. The Morgan fingerprint density at radius 1 is 1.17 bits per heavy atom. The molecule has 2 rings (SSSR count). The predicted molar refractivity (Wildman–Crippen MR) is 88.8 cm³/mol. The Morgan fingerprint density at radius 3 is 2.62 bits per heavy atom. The number of ether oxygens (including phenoxy) is 1. The summed E-state index contributed by atoms with van der Waals surface area (Å²) in [6.45, 7) is 4.14. The minimum Gasteiger partial charge on any atom is -0.493 e. The van der Waals surface area contributed by atoms with Crippen molar-refractivity contribution in [3.05, 3.63) is 65.2 Å². The topological polar surface area (TPSA) is 38.3 Å². The van der Waals surface area contributed by atoms with E-state index < -0.39 is 11.6 Å². The molecule has 0 saturated heterocycles. The van der Waals surface area contributed by atoms with Gasteiger partial charge in [-0.2, -0.15) is 0 Å². The quantitative estimate of drug-likeness (QED) is 0.767. The average Bonchev–Trinajstić information content (AvgIpc) is 2.55. The Labute approximate surface area is 140 Å². The molecule has 128 valence electrons. The van der Waals surface area contributed by atoms with Gasteiger partial charge < -0.3 is 10.1 Å². The fraction of sp³-hybridized carbons (Fsp3) is 0.316. The standard InChI is InChI=1S/C19H21F2NO2/c1-13-6-3-4-7-18(13)24-11-5-8-19(23)22-14(2)15-9-10-16(20)17(21)12-15/h3-4,6-7,9-10,12,14H,5,8,11H2,1-2H3,(H,22,23). The Balaban J connectivity index is 1.74. The van der Waals surface area contributed by atoms with Crippen molar-refractivity contribution in [2.24, 2.45) is 0 Å². The van der Waals surface area contributed by atoms with Gasteiger partial charge in [0, 0.05) is 6.42 Å². The van der Waals surface area contributed by atoms with E-state index in [9.17, 15) is 13.6 Å². The lowest BCUT2D eigenvalue weighted by atomic mass is 10.1. The normalized spacial score (nSPS) is 11.8. The van der Waals surface area contributed by atoms with E-state index in [2.05, 4.69) is 5.32 Å². The van der Waals surface area contributed by atoms with Gasteiger partial charge in [-0.05, 0) is 49.6 Å². The molecule has 0 radical (unpaired) electrons. The Morgan fingerprint density at radius 2 is 1.92 bits per heavy atom. The van der Waals surface area contributed by atoms with E-state index in [0.717, 1.165) is 23.4 Å². The first-order chi connectivity index (χ1) is 11.5. The van der Waals surface area contributed by atoms with Gasteiger partial charge in [0.2, 0.25) is 5.91 Å². The number of hydrogen-bond acceptors (Lipinski definition) is 2. The van der Waals surface area contributed by atoms with E-state index in [1.807, 2.05) is 31.2 Å². The number of rotatable bonds is 7. The summed E-state index contributed by atoms with van der Waals surface area (Å²) in [5, 5.41) is 2.77. The molecule has 0 aliphatic carbocycles. The molecule has 1 atom stereocenters. The molecule has 1 unspecified atom stereocenters. The maximum Gasteiger partial charge on any atom is 0.220 e. The van der Waals surface area contributed by atoms with Gasteiger partial charge in [0.1, 0.15) is 5.75 Å². The first-order valence-corrected chi connectivity index (χ1v) is 7.90. The zero-order valence-electron chi connectivity index (χ0n) is 13.8. The van der Waals surface area contributed by atoms with Crippen LogP contribution in [0.3, 0.4) is 0 Å². The maximum absolute atomic E-state index is 13.2. The van der Waals surface area contributed by atoms with E-state index in [4.69, 9.17) is 4.74 Å². The molecule has 0 heterocycles. The molecule has 24 heavy (non-hydrogen) atoms. The zero-order chi connectivity index (χ0) is 17.5. The molecule has 1 amide bonds. The zero-order valence-corrected chi connectivity index (χ0v) is 13.8. The smallest absolute Gasteiger partial charge is 0.220 e. The number of aryl methyl sites for hydroxylation is 1. The van der Waals surface area contributed by atoms with Crippen molar-refractivity contribution < 1.29 is 18.3 Å². The van der Waals surface area contributed by atoms with Crippen LogP contribution < -0.4 is 10.1 Å². The van der Waals surface area contributed by atoms with Gasteiger partial charge in [-0.25, -0.2) is 8.78 Å². The molecule has 0 aromatic heterocycles. The molecule has 2 aromatic rings. The largest absolute Gasteiger partial charge is 0.493 e. The molecular formula is C19H21F2NO2. The maximum atomic E-state index is 13.2. The SMILES string of the molecule is Cc1ccccc1OCCCC(=O)NC(C)c1ccc(F)c(F)c1. The number of halogens is 2. The molecule has 0 saturated carbocycles. The van der Waals surface area contributed by atoms with Gasteiger partial charge >= 0.3 is 0 Å². The van der Waals surface area contributed by atoms with E-state index in [0.29, 0.717) is 25.0 Å². The van der Waals surface area contributed by atoms with Crippen LogP contribution in [0.1, 0.15) is 36.9 Å². The molecular weight excluding hydrogens is 312 g/mol. The number of carbonyl (C=O) groups excluding carboxylic acids is 1. The monoisotopic (exact) mass is 333 g/mol. The summed E-state index contributed by atoms with van der Waals surface area (Å²) in [5.74, 6) is -1.15. The van der Waals surface area contributed by atoms with Crippen LogP contribution in [-0.4, -0.2) is 12.5 Å². The summed E-state index contributed by atoms with van der Waals surface area (Å²) in [4.78, 5) is 11.9. The van der Waals surface area contributed by atoms with Crippen molar-refractivity contribution in [3.63, 3.8) is 0 Å². The molecule has 0 aliphatic rings. The third-order valence-corrected chi connectivity index (χ3v) is 3.72. The fourth-order valence-electron chi connectivity index (χ4n) is 2.31. The molecule has 0 bridgehead atoms. The van der Waals surface area contributed by atoms with Gasteiger partial charge in [0.05, 0.1) is 12.6 Å². The van der Waals surface area contributed by atoms with Crippen molar-refractivity contribution in [1.82, 2.24) is 5.32 Å². The average molecular weight is 333 g/mol. The summed E-state index contributed by atoms with van der Waals surface area (Å²) in [6.07, 6.45) is 0.880. The van der Waals surface area contributed by atoms with Gasteiger partial charge in [-0.3, -0.25) is 4.79 Å². The highest BCUT2D eigenvalue weighted by molar-refractivity contribution is 5.76. The van der Waals surface area contributed by atoms with Crippen LogP contribution in [0.2, 0.25) is 0 Å². The lowest BCUT2D eigenvalue weighted by Gasteiger charge is -2.15. The third-order valence-electron chi connectivity index (χ3n) is 3.72. The molecule has 5 heteroatoms. The van der Waals surface area contributed by atoms with E-state index in [-0.39, 0.29) is 11.9 Å². The summed E-state index contributed by atoms with van der Waals surface area (Å²) in [5.41, 5.74) is 1.58. The van der Waals surface area contributed by atoms with Crippen LogP contribution in [0.15, 0.2) is 42.5 Å². The third kappa shape index (κ3) is 5.05. The van der Waals surface area contributed by atoms with Crippen molar-refractivity contribution in [1.29, 1.82) is 0 Å². The van der Waals surface area contributed by atoms with Crippen LogP contribution in [0, 0.1) is 18.6 Å². The number of carbonyl (C=O) groups is 1. The van der Waals surface area contributed by atoms with Gasteiger partial charge in [0.15, 0.2) is 11.6 Å². The number of para-hydroxylation sites is 1. The van der Waals surface area contributed by atoms with Crippen LogP contribution in [-0.2, 0) is 4.79 Å². The first-order valence-electron chi connectivity index (χ1n) is 7.90. The minimum absolute atomic E-state index is 0.152. The molecule has 0 fully saturated rings. The van der Waals surface area contributed by atoms with Gasteiger partial charge in [0.25, 0.3) is 0 Å². The number of benzene rings is 2. The van der Waals surface area contributed by atoms with Gasteiger partial charge in [-0.15, -0.1) is 0 Å². The van der Waals surface area contributed by atoms with Crippen molar-refractivity contribution in [2.75, 3.05) is 6.61 Å². The summed E-state index contributed by atoms with van der Waals surface area (Å²) >= 11 is 0. The highest BCUT2D eigenvalue weighted by Gasteiger charge is 2.12. The Hall–Kier alpha value is -2.43. The summed E-state index contributed by atoms with van der Waals surface area (Å²) in [7, 11) is 0. The summed E-state index contributed by atoms with van der Waals surface area (Å²) < 4.78 is 31.8. The molecule has 3 nitrogen and oxygen atoms in total. The summed E-state index contributed by atoms with van der Waals surface area (Å²) in [6, 6.07) is 10.9. The van der Waals surface area contributed by atoms with Crippen LogP contribution >= 0.6 is 0 Å². The second kappa shape index (κ2) is 8.43. The minimum atomic E-state index is -0.916. The van der Waals surface area contributed by atoms with E-state index >= 15 is 0 Å². The van der Waals surface area contributed by atoms with Gasteiger partial charge in [-0.1, -0.05) is 24.3 Å². The van der Waals surface area contributed by atoms with Crippen LogP contribution in [0.5, 0.6) is 5.75 Å². The van der Waals surface area contributed by atoms with Crippen molar-refractivity contribution in [2.45, 2.75) is 32.7 Å². The highest BCUT2D eigenvalue weighted by Crippen LogP contribution is 2.17. The number of amides is 1. The van der Waals surface area contributed by atoms with Crippen molar-refractivity contribution in [3.8, 4) is 5.75 Å². The fourth-order valence-corrected chi connectivity index (χ4v) is 2.31. The molecule has 1 N–H and O–H groups in total. The second-order valence-electron chi connectivity index (χ2n) is 5.68. The highest BCUT2D eigenvalue weighted by atomic mass is 19.2. The van der Waals surface area contributed by atoms with Crippen LogP contribution in [0.4, 0.5) is 8.78 Å². The predicted octanol–water partition coefficient (Wildman–Crippen LogP) is 4.31.